The van der Waals surface area contributed by atoms with Gasteiger partial charge in [0, 0.05) is 25.1 Å². The second kappa shape index (κ2) is 6.72. The van der Waals surface area contributed by atoms with Crippen LogP contribution in [-0.4, -0.2) is 38.3 Å². The standard InChI is InChI=1S/C19H24N2O4S/c1-26(22,23)20-17-13-19(25-18-7-3-2-6-16(17)18)8-10-21(11-9-19)14-15-5-4-12-24-15/h2-7,12,17,20H,8-11,13-14H2,1H3. The van der Waals surface area contributed by atoms with Crippen molar-refractivity contribution >= 4 is 10.0 Å². The maximum absolute atomic E-state index is 11.8. The second-order valence-corrected chi connectivity index (χ2v) is 9.11. The molecule has 1 N–H and O–H groups in total. The molecule has 1 aromatic heterocycles. The monoisotopic (exact) mass is 376 g/mol. The van der Waals surface area contributed by atoms with E-state index in [9.17, 15) is 8.42 Å². The molecule has 2 aliphatic heterocycles. The molecule has 140 valence electrons. The lowest BCUT2D eigenvalue weighted by Gasteiger charge is -2.46. The van der Waals surface area contributed by atoms with Crippen LogP contribution in [0, 0.1) is 0 Å². The topological polar surface area (TPSA) is 71.8 Å². The maximum atomic E-state index is 11.8. The van der Waals surface area contributed by atoms with Crippen LogP contribution in [0.3, 0.4) is 0 Å². The number of benzene rings is 1. The highest BCUT2D eigenvalue weighted by molar-refractivity contribution is 7.88. The first kappa shape index (κ1) is 17.6. The molecule has 3 heterocycles. The van der Waals surface area contributed by atoms with Crippen LogP contribution in [0.5, 0.6) is 5.75 Å². The number of likely N-dealkylation sites (tertiary alicyclic amines) is 1. The number of hydrogen-bond donors (Lipinski definition) is 1. The number of furan rings is 1. The van der Waals surface area contributed by atoms with E-state index < -0.39 is 10.0 Å². The van der Waals surface area contributed by atoms with Crippen molar-refractivity contribution < 1.29 is 17.6 Å². The van der Waals surface area contributed by atoms with E-state index in [4.69, 9.17) is 9.15 Å². The van der Waals surface area contributed by atoms with Crippen LogP contribution in [0.1, 0.15) is 36.6 Å². The Morgan fingerprint density at radius 1 is 1.19 bits per heavy atom. The normalized spacial score (nSPS) is 22.7. The Morgan fingerprint density at radius 3 is 2.65 bits per heavy atom. The van der Waals surface area contributed by atoms with Crippen LogP contribution in [-0.2, 0) is 16.6 Å². The lowest BCUT2D eigenvalue weighted by atomic mass is 9.81. The molecule has 7 heteroatoms. The van der Waals surface area contributed by atoms with Crippen LogP contribution >= 0.6 is 0 Å². The molecule has 26 heavy (non-hydrogen) atoms. The van der Waals surface area contributed by atoms with E-state index in [-0.39, 0.29) is 11.6 Å². The van der Waals surface area contributed by atoms with Crippen molar-refractivity contribution in [2.45, 2.75) is 37.5 Å². The minimum atomic E-state index is -3.30. The highest BCUT2D eigenvalue weighted by Gasteiger charge is 2.43. The van der Waals surface area contributed by atoms with Crippen molar-refractivity contribution in [3.05, 3.63) is 54.0 Å². The number of nitrogens with zero attached hydrogens (tertiary/aromatic N) is 1. The number of ether oxygens (including phenoxy) is 1. The molecule has 1 spiro atoms. The smallest absolute Gasteiger partial charge is 0.209 e. The number of fused-ring (bicyclic) bond motifs is 1. The van der Waals surface area contributed by atoms with Crippen molar-refractivity contribution in [2.75, 3.05) is 19.3 Å². The van der Waals surface area contributed by atoms with Gasteiger partial charge in [-0.15, -0.1) is 0 Å². The lowest BCUT2D eigenvalue weighted by Crippen LogP contribution is -2.52. The van der Waals surface area contributed by atoms with Crippen LogP contribution in [0.2, 0.25) is 0 Å². The van der Waals surface area contributed by atoms with Gasteiger partial charge in [-0.2, -0.15) is 0 Å². The summed E-state index contributed by atoms with van der Waals surface area (Å²) in [6.45, 7) is 2.59. The molecule has 4 rings (SSSR count). The minimum absolute atomic E-state index is 0.244. The molecule has 1 atom stereocenters. The third-order valence-corrected chi connectivity index (χ3v) is 5.99. The molecular weight excluding hydrogens is 352 g/mol. The zero-order valence-electron chi connectivity index (χ0n) is 14.8. The molecule has 1 aromatic carbocycles. The van der Waals surface area contributed by atoms with Crippen LogP contribution in [0.25, 0.3) is 0 Å². The average molecular weight is 376 g/mol. The molecule has 0 saturated carbocycles. The SMILES string of the molecule is CS(=O)(=O)NC1CC2(CCN(Cc3ccco3)CC2)Oc2ccccc21. The van der Waals surface area contributed by atoms with E-state index in [0.29, 0.717) is 6.42 Å². The Labute approximate surface area is 154 Å². The Hall–Kier alpha value is -1.83. The van der Waals surface area contributed by atoms with Crippen molar-refractivity contribution in [3.8, 4) is 5.75 Å². The highest BCUT2D eigenvalue weighted by Crippen LogP contribution is 2.44. The molecule has 1 saturated heterocycles. The van der Waals surface area contributed by atoms with E-state index in [0.717, 1.165) is 49.5 Å². The lowest BCUT2D eigenvalue weighted by molar-refractivity contribution is -0.0260. The van der Waals surface area contributed by atoms with Gasteiger partial charge in [-0.3, -0.25) is 4.90 Å². The second-order valence-electron chi connectivity index (χ2n) is 7.33. The number of hydrogen-bond acceptors (Lipinski definition) is 5. The average Bonchev–Trinajstić information content (AvgIpc) is 3.09. The van der Waals surface area contributed by atoms with E-state index in [1.807, 2.05) is 36.4 Å². The van der Waals surface area contributed by atoms with Gasteiger partial charge in [0.1, 0.15) is 17.1 Å². The summed E-state index contributed by atoms with van der Waals surface area (Å²) in [5.74, 6) is 1.76. The molecule has 0 amide bonds. The zero-order valence-corrected chi connectivity index (χ0v) is 15.7. The summed E-state index contributed by atoms with van der Waals surface area (Å²) in [6.07, 6.45) is 5.30. The number of nitrogens with one attached hydrogen (secondary N) is 1. The van der Waals surface area contributed by atoms with Gasteiger partial charge in [0.15, 0.2) is 0 Å². The molecule has 1 fully saturated rings. The van der Waals surface area contributed by atoms with Crippen molar-refractivity contribution in [3.63, 3.8) is 0 Å². The van der Waals surface area contributed by atoms with Gasteiger partial charge in [-0.1, -0.05) is 18.2 Å². The van der Waals surface area contributed by atoms with E-state index >= 15 is 0 Å². The van der Waals surface area contributed by atoms with Gasteiger partial charge in [0.05, 0.1) is 25.1 Å². The summed E-state index contributed by atoms with van der Waals surface area (Å²) in [4.78, 5) is 2.35. The first-order valence-corrected chi connectivity index (χ1v) is 10.8. The molecule has 6 nitrogen and oxygen atoms in total. The summed E-state index contributed by atoms with van der Waals surface area (Å²) in [5.41, 5.74) is 0.595. The fourth-order valence-electron chi connectivity index (χ4n) is 4.03. The van der Waals surface area contributed by atoms with Gasteiger partial charge in [0.2, 0.25) is 10.0 Å². The summed E-state index contributed by atoms with van der Waals surface area (Å²) in [6, 6.07) is 11.4. The van der Waals surface area contributed by atoms with E-state index in [1.54, 1.807) is 6.26 Å². The molecule has 2 aliphatic rings. The van der Waals surface area contributed by atoms with E-state index in [2.05, 4.69) is 9.62 Å². The summed E-state index contributed by atoms with van der Waals surface area (Å²) in [5, 5.41) is 0. The quantitative estimate of drug-likeness (QED) is 0.888. The predicted octanol–water partition coefficient (Wildman–Crippen LogP) is 2.69. The van der Waals surface area contributed by atoms with Crippen molar-refractivity contribution in [2.24, 2.45) is 0 Å². The Balaban J connectivity index is 1.51. The number of rotatable bonds is 4. The molecule has 1 unspecified atom stereocenters. The van der Waals surface area contributed by atoms with Crippen LogP contribution < -0.4 is 9.46 Å². The molecular formula is C19H24N2O4S. The first-order valence-electron chi connectivity index (χ1n) is 8.92. The molecule has 2 aromatic rings. The third-order valence-electron chi connectivity index (χ3n) is 5.28. The minimum Gasteiger partial charge on any atom is -0.487 e. The first-order chi connectivity index (χ1) is 12.4. The molecule has 0 bridgehead atoms. The predicted molar refractivity (Wildman–Crippen MR) is 98.4 cm³/mol. The summed E-state index contributed by atoms with van der Waals surface area (Å²) < 4.78 is 38.3. The Morgan fingerprint density at radius 2 is 1.96 bits per heavy atom. The Kier molecular flexibility index (Phi) is 4.54. The largest absolute Gasteiger partial charge is 0.487 e. The molecule has 0 aliphatic carbocycles. The van der Waals surface area contributed by atoms with Gasteiger partial charge in [0.25, 0.3) is 0 Å². The van der Waals surface area contributed by atoms with E-state index in [1.165, 1.54) is 6.26 Å². The zero-order chi connectivity index (χ0) is 18.2. The summed E-state index contributed by atoms with van der Waals surface area (Å²) in [7, 11) is -3.30. The molecule has 0 radical (unpaired) electrons. The number of sulfonamides is 1. The Bertz CT molecular complexity index is 855. The van der Waals surface area contributed by atoms with Gasteiger partial charge in [-0.25, -0.2) is 13.1 Å². The maximum Gasteiger partial charge on any atom is 0.209 e. The fourth-order valence-corrected chi connectivity index (χ4v) is 4.76. The van der Waals surface area contributed by atoms with Gasteiger partial charge < -0.3 is 9.15 Å². The van der Waals surface area contributed by atoms with Gasteiger partial charge in [-0.05, 0) is 31.0 Å². The van der Waals surface area contributed by atoms with Crippen molar-refractivity contribution in [1.29, 1.82) is 0 Å². The summed E-state index contributed by atoms with van der Waals surface area (Å²) >= 11 is 0. The third kappa shape index (κ3) is 3.79. The van der Waals surface area contributed by atoms with Crippen LogP contribution in [0.15, 0.2) is 47.1 Å². The van der Waals surface area contributed by atoms with Crippen LogP contribution in [0.4, 0.5) is 0 Å². The number of para-hydroxylation sites is 1. The highest BCUT2D eigenvalue weighted by atomic mass is 32.2. The number of piperidine rings is 1. The fraction of sp³-hybridized carbons (Fsp3) is 0.474. The van der Waals surface area contributed by atoms with Gasteiger partial charge >= 0.3 is 0 Å². The van der Waals surface area contributed by atoms with Crippen molar-refractivity contribution in [1.82, 2.24) is 9.62 Å².